The first-order valence-electron chi connectivity index (χ1n) is 11.4. The molecule has 174 valence electrons. The van der Waals surface area contributed by atoms with Crippen molar-refractivity contribution in [1.82, 2.24) is 10.2 Å². The van der Waals surface area contributed by atoms with Crippen molar-refractivity contribution in [3.8, 4) is 11.5 Å². The minimum absolute atomic E-state index is 0.0573. The van der Waals surface area contributed by atoms with Crippen LogP contribution in [-0.4, -0.2) is 30.1 Å². The van der Waals surface area contributed by atoms with Crippen LogP contribution in [0, 0.1) is 5.92 Å². The Morgan fingerprint density at radius 1 is 0.941 bits per heavy atom. The summed E-state index contributed by atoms with van der Waals surface area (Å²) in [7, 11) is 0. The third-order valence-corrected chi connectivity index (χ3v) is 6.64. The van der Waals surface area contributed by atoms with Crippen molar-refractivity contribution in [2.24, 2.45) is 5.92 Å². The molecule has 0 radical (unpaired) electrons. The number of likely N-dealkylation sites (tertiary alicyclic amines) is 1. The number of hydrogen-bond acceptors (Lipinski definition) is 4. The summed E-state index contributed by atoms with van der Waals surface area (Å²) in [6, 6.07) is 22.4. The number of amides is 2. The molecule has 5 rings (SSSR count). The van der Waals surface area contributed by atoms with Gasteiger partial charge in [-0.1, -0.05) is 48.0 Å². The lowest BCUT2D eigenvalue weighted by Crippen LogP contribution is -2.46. The standard InChI is InChI=1S/C27H25ClN2O4/c28-22-10-7-20(8-11-22)27(32)30-16-21(9-12-23(30)19-4-2-1-3-5-19)26(31)29-15-18-6-13-24-25(14-18)34-17-33-24/h1-8,10-11,13-14,21,23H,9,12,15-17H2,(H,29,31)/t21-,23+/m0/s1. The fraction of sp³-hybridized carbons (Fsp3) is 0.259. The van der Waals surface area contributed by atoms with Crippen LogP contribution in [0.15, 0.2) is 72.8 Å². The number of carbonyl (C=O) groups excluding carboxylic acids is 2. The lowest BCUT2D eigenvalue weighted by molar-refractivity contribution is -0.127. The summed E-state index contributed by atoms with van der Waals surface area (Å²) in [6.45, 7) is 0.959. The molecule has 2 aliphatic rings. The fourth-order valence-electron chi connectivity index (χ4n) is 4.57. The zero-order valence-electron chi connectivity index (χ0n) is 18.6. The maximum atomic E-state index is 13.5. The van der Waals surface area contributed by atoms with E-state index in [0.29, 0.717) is 48.0 Å². The minimum atomic E-state index is -0.287. The molecule has 0 aliphatic carbocycles. The molecule has 0 unspecified atom stereocenters. The molecule has 1 N–H and O–H groups in total. The highest BCUT2D eigenvalue weighted by molar-refractivity contribution is 6.30. The zero-order chi connectivity index (χ0) is 23.5. The van der Waals surface area contributed by atoms with E-state index in [1.54, 1.807) is 24.3 Å². The van der Waals surface area contributed by atoms with E-state index in [0.717, 1.165) is 11.1 Å². The van der Waals surface area contributed by atoms with Crippen molar-refractivity contribution in [3.63, 3.8) is 0 Å². The average molecular weight is 477 g/mol. The summed E-state index contributed by atoms with van der Waals surface area (Å²) >= 11 is 6.02. The van der Waals surface area contributed by atoms with E-state index < -0.39 is 0 Å². The van der Waals surface area contributed by atoms with E-state index in [2.05, 4.69) is 5.32 Å². The average Bonchev–Trinajstić information content (AvgIpc) is 3.35. The summed E-state index contributed by atoms with van der Waals surface area (Å²) in [5.41, 5.74) is 2.57. The SMILES string of the molecule is O=C(NCc1ccc2c(c1)OCO2)[C@H]1CC[C@H](c2ccccc2)N(C(=O)c2ccc(Cl)cc2)C1. The van der Waals surface area contributed by atoms with Crippen molar-refractivity contribution in [3.05, 3.63) is 94.5 Å². The fourth-order valence-corrected chi connectivity index (χ4v) is 4.70. The van der Waals surface area contributed by atoms with Gasteiger partial charge in [0.15, 0.2) is 11.5 Å². The van der Waals surface area contributed by atoms with Gasteiger partial charge in [-0.3, -0.25) is 9.59 Å². The molecule has 3 aromatic carbocycles. The number of nitrogens with one attached hydrogen (secondary N) is 1. The molecule has 7 heteroatoms. The van der Waals surface area contributed by atoms with Crippen LogP contribution in [0.25, 0.3) is 0 Å². The van der Waals surface area contributed by atoms with Gasteiger partial charge in [0.2, 0.25) is 12.7 Å². The number of fused-ring (bicyclic) bond motifs is 1. The molecule has 0 saturated carbocycles. The molecular formula is C27H25ClN2O4. The molecule has 1 fully saturated rings. The van der Waals surface area contributed by atoms with Crippen LogP contribution < -0.4 is 14.8 Å². The second-order valence-electron chi connectivity index (χ2n) is 8.57. The van der Waals surface area contributed by atoms with Crippen molar-refractivity contribution in [1.29, 1.82) is 0 Å². The van der Waals surface area contributed by atoms with Crippen LogP contribution in [0.1, 0.15) is 40.4 Å². The van der Waals surface area contributed by atoms with Crippen LogP contribution in [0.2, 0.25) is 5.02 Å². The van der Waals surface area contributed by atoms with E-state index in [-0.39, 0.29) is 30.6 Å². The first-order chi connectivity index (χ1) is 16.6. The van der Waals surface area contributed by atoms with Gasteiger partial charge in [0.1, 0.15) is 0 Å². The Morgan fingerprint density at radius 3 is 2.50 bits per heavy atom. The Kier molecular flexibility index (Phi) is 6.41. The van der Waals surface area contributed by atoms with Gasteiger partial charge >= 0.3 is 0 Å². The van der Waals surface area contributed by atoms with Crippen molar-refractivity contribution >= 4 is 23.4 Å². The van der Waals surface area contributed by atoms with Crippen molar-refractivity contribution in [2.45, 2.75) is 25.4 Å². The Hall–Kier alpha value is -3.51. The summed E-state index contributed by atoms with van der Waals surface area (Å²) in [5.74, 6) is 0.961. The lowest BCUT2D eigenvalue weighted by atomic mass is 9.87. The Balaban J connectivity index is 1.30. The van der Waals surface area contributed by atoms with E-state index in [4.69, 9.17) is 21.1 Å². The highest BCUT2D eigenvalue weighted by Gasteiger charge is 2.36. The summed E-state index contributed by atoms with van der Waals surface area (Å²) in [4.78, 5) is 28.4. The topological polar surface area (TPSA) is 67.9 Å². The molecule has 0 bridgehead atoms. The van der Waals surface area contributed by atoms with E-state index in [1.807, 2.05) is 53.4 Å². The molecule has 1 saturated heterocycles. The number of rotatable bonds is 5. The van der Waals surface area contributed by atoms with Crippen LogP contribution in [-0.2, 0) is 11.3 Å². The molecule has 34 heavy (non-hydrogen) atoms. The van der Waals surface area contributed by atoms with Gasteiger partial charge in [-0.05, 0) is 60.4 Å². The molecule has 0 aromatic heterocycles. The smallest absolute Gasteiger partial charge is 0.254 e. The van der Waals surface area contributed by atoms with Gasteiger partial charge in [-0.2, -0.15) is 0 Å². The summed E-state index contributed by atoms with van der Waals surface area (Å²) in [6.07, 6.45) is 1.42. The Bertz CT molecular complexity index is 1180. The first-order valence-corrected chi connectivity index (χ1v) is 11.7. The number of carbonyl (C=O) groups is 2. The van der Waals surface area contributed by atoms with Gasteiger partial charge in [0.25, 0.3) is 5.91 Å². The molecule has 2 amide bonds. The molecule has 3 aromatic rings. The van der Waals surface area contributed by atoms with Crippen LogP contribution in [0.5, 0.6) is 11.5 Å². The Morgan fingerprint density at radius 2 is 1.71 bits per heavy atom. The molecule has 2 aliphatic heterocycles. The van der Waals surface area contributed by atoms with Crippen molar-refractivity contribution < 1.29 is 19.1 Å². The second-order valence-corrected chi connectivity index (χ2v) is 9.01. The number of nitrogens with zero attached hydrogens (tertiary/aromatic N) is 1. The number of hydrogen-bond donors (Lipinski definition) is 1. The maximum Gasteiger partial charge on any atom is 0.254 e. The molecule has 2 heterocycles. The normalized spacial score (nSPS) is 19.0. The van der Waals surface area contributed by atoms with E-state index >= 15 is 0 Å². The monoisotopic (exact) mass is 476 g/mol. The molecular weight excluding hydrogens is 452 g/mol. The van der Waals surface area contributed by atoms with Gasteiger partial charge in [-0.25, -0.2) is 0 Å². The quantitative estimate of drug-likeness (QED) is 0.564. The van der Waals surface area contributed by atoms with Gasteiger partial charge in [0, 0.05) is 23.7 Å². The van der Waals surface area contributed by atoms with Gasteiger partial charge < -0.3 is 19.7 Å². The molecule has 0 spiro atoms. The van der Waals surface area contributed by atoms with Crippen LogP contribution in [0.4, 0.5) is 0 Å². The summed E-state index contributed by atoms with van der Waals surface area (Å²) in [5, 5.41) is 3.61. The second kappa shape index (κ2) is 9.77. The van der Waals surface area contributed by atoms with Gasteiger partial charge in [-0.15, -0.1) is 0 Å². The molecule has 2 atom stereocenters. The maximum absolute atomic E-state index is 13.5. The highest BCUT2D eigenvalue weighted by atomic mass is 35.5. The van der Waals surface area contributed by atoms with Crippen molar-refractivity contribution in [2.75, 3.05) is 13.3 Å². The molecule has 6 nitrogen and oxygen atoms in total. The number of piperidine rings is 1. The van der Waals surface area contributed by atoms with Gasteiger partial charge in [0.05, 0.1) is 12.0 Å². The first kappa shape index (κ1) is 22.3. The predicted molar refractivity (Wildman–Crippen MR) is 129 cm³/mol. The van der Waals surface area contributed by atoms with E-state index in [1.165, 1.54) is 0 Å². The van der Waals surface area contributed by atoms with Crippen LogP contribution >= 0.6 is 11.6 Å². The van der Waals surface area contributed by atoms with E-state index in [9.17, 15) is 9.59 Å². The van der Waals surface area contributed by atoms with Crippen LogP contribution in [0.3, 0.4) is 0 Å². The summed E-state index contributed by atoms with van der Waals surface area (Å²) < 4.78 is 10.8. The third kappa shape index (κ3) is 4.73. The Labute approximate surface area is 203 Å². The number of ether oxygens (including phenoxy) is 2. The highest BCUT2D eigenvalue weighted by Crippen LogP contribution is 2.35. The number of benzene rings is 3. The number of halogens is 1. The predicted octanol–water partition coefficient (Wildman–Crippen LogP) is 4.98. The largest absolute Gasteiger partial charge is 0.454 e. The lowest BCUT2D eigenvalue weighted by Gasteiger charge is -2.39. The third-order valence-electron chi connectivity index (χ3n) is 6.39. The zero-order valence-corrected chi connectivity index (χ0v) is 19.3. The minimum Gasteiger partial charge on any atom is -0.454 e.